The van der Waals surface area contributed by atoms with Crippen LogP contribution in [0.25, 0.3) is 11.1 Å². The van der Waals surface area contributed by atoms with Crippen LogP contribution < -0.4 is 26.3 Å². The number of alkyl halides is 8. The minimum absolute atomic E-state index is 0.182. The van der Waals surface area contributed by atoms with Gasteiger partial charge in [-0.1, -0.05) is 24.0 Å². The van der Waals surface area contributed by atoms with E-state index >= 15 is 8.78 Å². The van der Waals surface area contributed by atoms with Crippen LogP contribution in [0.4, 0.5) is 59.3 Å². The molecular weight excluding hydrogens is 1150 g/mol. The molecule has 0 aliphatic carbocycles. The second-order valence-corrected chi connectivity index (χ2v) is 23.0. The highest BCUT2D eigenvalue weighted by Crippen LogP contribution is 2.45. The zero-order valence-corrected chi connectivity index (χ0v) is 47.4. The number of rotatable bonds is 19. The molecule has 5 N–H and O–H groups in total. The van der Waals surface area contributed by atoms with Crippen molar-refractivity contribution in [1.82, 2.24) is 46.0 Å². The minimum Gasteiger partial charge on any atom is -0.453 e. The molecule has 0 spiro atoms. The fourth-order valence-electron chi connectivity index (χ4n) is 10.4. The Morgan fingerprint density at radius 3 is 1.78 bits per heavy atom. The van der Waals surface area contributed by atoms with E-state index in [1.807, 2.05) is 24.6 Å². The summed E-state index contributed by atoms with van der Waals surface area (Å²) in [6, 6.07) is 4.33. The number of pyridine rings is 1. The number of aliphatic hydroxyl groups excluding tert-OH is 1. The van der Waals surface area contributed by atoms with Gasteiger partial charge in [0.1, 0.15) is 29.5 Å². The fourth-order valence-corrected chi connectivity index (χ4v) is 10.4. The number of halogens is 10. The molecular formula is C56H64F10N10O9. The quantitative estimate of drug-likeness (QED) is 0.0376. The van der Waals surface area contributed by atoms with Crippen LogP contribution in [-0.4, -0.2) is 162 Å². The number of alkyl carbamates (subject to hydrolysis) is 2. The summed E-state index contributed by atoms with van der Waals surface area (Å²) >= 11 is 0. The normalized spacial score (nSPS) is 20.1. The second-order valence-electron chi connectivity index (χ2n) is 23.0. The Kier molecular flexibility index (Phi) is 19.3. The van der Waals surface area contributed by atoms with E-state index in [9.17, 15) is 64.2 Å². The van der Waals surface area contributed by atoms with Crippen molar-refractivity contribution in [3.8, 4) is 23.0 Å². The molecule has 2 aromatic heterocycles. The summed E-state index contributed by atoms with van der Waals surface area (Å²) < 4.78 is 161. The van der Waals surface area contributed by atoms with Crippen molar-refractivity contribution >= 4 is 35.6 Å². The highest BCUT2D eigenvalue weighted by molar-refractivity contribution is 5.93. The molecule has 2 aromatic carbocycles. The maximum absolute atomic E-state index is 16.1. The number of nitrogens with one attached hydrogen (secondary N) is 4. The van der Waals surface area contributed by atoms with Crippen LogP contribution in [0.3, 0.4) is 0 Å². The van der Waals surface area contributed by atoms with Gasteiger partial charge in [0.25, 0.3) is 5.91 Å². The molecule has 6 unspecified atom stereocenters. The first kappa shape index (κ1) is 65.0. The van der Waals surface area contributed by atoms with E-state index in [0.717, 1.165) is 26.6 Å². The van der Waals surface area contributed by atoms with Gasteiger partial charge < -0.3 is 40.2 Å². The largest absolute Gasteiger partial charge is 0.453 e. The number of nitrogens with zero attached hydrogens (tertiary/aromatic N) is 6. The van der Waals surface area contributed by atoms with Crippen molar-refractivity contribution in [2.75, 3.05) is 65.1 Å². The number of hydrazine groups is 1. The maximum atomic E-state index is 16.1. The monoisotopic (exact) mass is 1210 g/mol. The number of hydrogen-bond acceptors (Lipinski definition) is 14. The smallest absolute Gasteiger partial charge is 0.407 e. The number of hydrogen-bond donors (Lipinski definition) is 5. The number of ketones is 1. The summed E-state index contributed by atoms with van der Waals surface area (Å²) in [7, 11) is 1.59. The lowest BCUT2D eigenvalue weighted by Crippen LogP contribution is -2.71. The molecule has 4 amide bonds. The third-order valence-corrected chi connectivity index (χ3v) is 15.7. The Hall–Kier alpha value is -7.55. The van der Waals surface area contributed by atoms with Crippen molar-refractivity contribution in [3.05, 3.63) is 101 Å². The number of carbonyl (C=O) groups excluding carboxylic acids is 5. The van der Waals surface area contributed by atoms with Gasteiger partial charge in [0, 0.05) is 73.9 Å². The molecule has 3 fully saturated rings. The molecule has 85 heavy (non-hydrogen) atoms. The highest BCUT2D eigenvalue weighted by atomic mass is 19.4. The molecule has 0 saturated carbocycles. The summed E-state index contributed by atoms with van der Waals surface area (Å²) in [6.07, 6.45) is -12.9. The number of benzene rings is 2. The van der Waals surface area contributed by atoms with Crippen LogP contribution in [0.15, 0.2) is 67.1 Å². The molecule has 19 nitrogen and oxygen atoms in total. The van der Waals surface area contributed by atoms with Crippen molar-refractivity contribution in [2.45, 2.75) is 104 Å². The van der Waals surface area contributed by atoms with E-state index < -0.39 is 126 Å². The summed E-state index contributed by atoms with van der Waals surface area (Å²) in [6.45, 7) is 4.14. The van der Waals surface area contributed by atoms with E-state index in [0.29, 0.717) is 101 Å². The number of methoxy groups -OCH3 is 2. The van der Waals surface area contributed by atoms with Crippen LogP contribution in [0.5, 0.6) is 0 Å². The lowest BCUT2D eigenvalue weighted by atomic mass is 9.64. The Labute approximate surface area is 482 Å². The van der Waals surface area contributed by atoms with Crippen molar-refractivity contribution in [1.29, 1.82) is 0 Å². The SMILES string of the molecule is COC(=O)NC(C(=O)NC(Cc1ccc(C#Cc2ccc(N3CC4(C)CN(C5COC5)CC(C)(C3)C4=O)nc2)cc1)C(O)CN(Cc1c(F)cc(-c2cnn(C(F)F)c2)cc1F)NC(=O)C(NC(=O)OC)C(C)(C)C(F)(F)F)C(C)(C)C(F)(F)F. The van der Waals surface area contributed by atoms with Gasteiger partial charge in [-0.05, 0) is 95.5 Å². The van der Waals surface area contributed by atoms with E-state index in [-0.39, 0.29) is 33.2 Å². The lowest BCUT2D eigenvalue weighted by molar-refractivity contribution is -0.221. The molecule has 3 saturated heterocycles. The third kappa shape index (κ3) is 14.6. The predicted molar refractivity (Wildman–Crippen MR) is 284 cm³/mol. The first-order valence-corrected chi connectivity index (χ1v) is 26.4. The number of likely N-dealkylation sites (tertiary alicyclic amines) is 1. The van der Waals surface area contributed by atoms with Gasteiger partial charge in [0.2, 0.25) is 5.91 Å². The van der Waals surface area contributed by atoms with Crippen LogP contribution in [0.1, 0.15) is 70.3 Å². The zero-order chi connectivity index (χ0) is 62.8. The molecule has 5 heterocycles. The fraction of sp³-hybridized carbons (Fsp3) is 0.518. The lowest BCUT2D eigenvalue weighted by Gasteiger charge is -2.57. The van der Waals surface area contributed by atoms with Crippen molar-refractivity contribution in [3.63, 3.8) is 0 Å². The number of ether oxygens (including phenoxy) is 3. The number of anilines is 1. The predicted octanol–water partition coefficient (Wildman–Crippen LogP) is 6.68. The topological polar surface area (TPSA) is 222 Å². The molecule has 7 rings (SSSR count). The molecule has 2 bridgehead atoms. The van der Waals surface area contributed by atoms with Crippen LogP contribution in [-0.2, 0) is 41.6 Å². The molecule has 6 atom stereocenters. The number of aromatic nitrogens is 3. The molecule has 462 valence electrons. The van der Waals surface area contributed by atoms with E-state index in [2.05, 4.69) is 46.5 Å². The van der Waals surface area contributed by atoms with Gasteiger partial charge in [-0.3, -0.25) is 24.7 Å². The number of carbonyl (C=O) groups is 5. The molecule has 0 radical (unpaired) electrons. The maximum Gasteiger partial charge on any atom is 0.407 e. The summed E-state index contributed by atoms with van der Waals surface area (Å²) in [5.74, 6) is 0.776. The minimum atomic E-state index is -5.24. The average Bonchev–Trinajstić information content (AvgIpc) is 1.30. The highest BCUT2D eigenvalue weighted by Gasteiger charge is 2.59. The molecule has 3 aliphatic rings. The van der Waals surface area contributed by atoms with Crippen LogP contribution in [0, 0.1) is 45.1 Å². The van der Waals surface area contributed by atoms with E-state index in [1.54, 1.807) is 23.6 Å². The van der Waals surface area contributed by atoms with Gasteiger partial charge in [0.05, 0.1) is 73.5 Å². The van der Waals surface area contributed by atoms with Gasteiger partial charge in [-0.2, -0.15) is 40.2 Å². The van der Waals surface area contributed by atoms with Gasteiger partial charge >= 0.3 is 31.1 Å². The first-order chi connectivity index (χ1) is 39.6. The molecule has 4 aromatic rings. The number of aliphatic hydroxyl groups is 1. The van der Waals surface area contributed by atoms with Gasteiger partial charge in [-0.15, -0.1) is 0 Å². The number of Topliss-reactive ketones (excluding diaryl/α,β-unsaturated/α-hetero) is 1. The average molecular weight is 1210 g/mol. The van der Waals surface area contributed by atoms with Gasteiger partial charge in [-0.25, -0.2) is 33.0 Å². The Balaban J connectivity index is 1.18. The van der Waals surface area contributed by atoms with Crippen molar-refractivity contribution < 1.29 is 87.2 Å². The summed E-state index contributed by atoms with van der Waals surface area (Å²) in [5, 5.41) is 21.9. The number of fused-ring (bicyclic) bond motifs is 2. The molecule has 29 heteroatoms. The van der Waals surface area contributed by atoms with E-state index in [1.165, 1.54) is 24.3 Å². The first-order valence-electron chi connectivity index (χ1n) is 26.4. The molecule has 3 aliphatic heterocycles. The second kappa shape index (κ2) is 25.2. The van der Waals surface area contributed by atoms with Crippen LogP contribution in [0.2, 0.25) is 0 Å². The number of amides is 4. The van der Waals surface area contributed by atoms with Crippen molar-refractivity contribution in [2.24, 2.45) is 21.7 Å². The standard InChI is InChI=1S/C56H64F10N10O9/c1-51(2,55(61,62)63)43(70-49(81)83-7)45(78)69-40(17-32-12-9-31(10-13-32)11-14-33-15-16-42(67-20-33)74-29-53(5)27-73(36-25-85-26-36)28-54(6,30-74)47(53)80)41(77)24-75(72-46(79)44(71-50(82)84-8)52(3,4)56(64,65)66)23-37-38(57)18-34(19-39(37)58)35-21-68-76(22-35)48(59)60/h9-10,12-13,15-16,18-22,36,40-41,43-44,48,77H,17,23-30H2,1-8H3,(H,69,78)(H,70,81)(H,71,82)(H,72,79). The zero-order valence-electron chi connectivity index (χ0n) is 47.4. The summed E-state index contributed by atoms with van der Waals surface area (Å²) in [5.41, 5.74) is -5.68. The number of piperidine rings is 2. The third-order valence-electron chi connectivity index (χ3n) is 15.7. The van der Waals surface area contributed by atoms with Crippen LogP contribution >= 0.6 is 0 Å². The van der Waals surface area contributed by atoms with E-state index in [4.69, 9.17) is 4.74 Å². The Morgan fingerprint density at radius 2 is 1.31 bits per heavy atom. The van der Waals surface area contributed by atoms with Gasteiger partial charge in [0.15, 0.2) is 5.78 Å². The Bertz CT molecular complexity index is 3120. The summed E-state index contributed by atoms with van der Waals surface area (Å²) in [4.78, 5) is 75.8. The Morgan fingerprint density at radius 1 is 0.776 bits per heavy atom.